The SMILES string of the molecule is CCn1ccnc1CN(Cc1ccc(CN2CCC3(CCN(C4CCCCC4)CC3)C2)cc1)Cc1ncc[nH]1. The highest BCUT2D eigenvalue weighted by molar-refractivity contribution is 5.23. The van der Waals surface area contributed by atoms with Crippen LogP contribution in [0.25, 0.3) is 0 Å². The Balaban J connectivity index is 1.02. The van der Waals surface area contributed by atoms with Gasteiger partial charge in [-0.2, -0.15) is 0 Å². The Labute approximate surface area is 234 Å². The molecule has 1 saturated carbocycles. The average Bonchev–Trinajstić information content (AvgIpc) is 3.73. The molecule has 3 aliphatic rings. The van der Waals surface area contributed by atoms with Crippen molar-refractivity contribution in [2.45, 2.75) is 97.1 Å². The summed E-state index contributed by atoms with van der Waals surface area (Å²) in [5, 5.41) is 0. The van der Waals surface area contributed by atoms with E-state index in [0.29, 0.717) is 5.41 Å². The molecule has 39 heavy (non-hydrogen) atoms. The van der Waals surface area contributed by atoms with Crippen LogP contribution in [-0.4, -0.2) is 66.4 Å². The number of hydrogen-bond acceptors (Lipinski definition) is 5. The molecule has 1 spiro atoms. The van der Waals surface area contributed by atoms with Crippen LogP contribution >= 0.6 is 0 Å². The van der Waals surface area contributed by atoms with Crippen molar-refractivity contribution in [1.29, 1.82) is 0 Å². The predicted octanol–water partition coefficient (Wildman–Crippen LogP) is 5.45. The molecule has 3 fully saturated rings. The Bertz CT molecular complexity index is 1140. The third-order valence-electron chi connectivity index (χ3n) is 9.74. The second kappa shape index (κ2) is 12.4. The molecule has 210 valence electrons. The van der Waals surface area contributed by atoms with Gasteiger partial charge in [-0.3, -0.25) is 9.80 Å². The van der Waals surface area contributed by atoms with E-state index in [4.69, 9.17) is 0 Å². The molecule has 3 aromatic rings. The van der Waals surface area contributed by atoms with Gasteiger partial charge in [0.25, 0.3) is 0 Å². The molecule has 2 aromatic heterocycles. The third-order valence-corrected chi connectivity index (χ3v) is 9.74. The highest BCUT2D eigenvalue weighted by atomic mass is 15.2. The molecule has 0 unspecified atom stereocenters. The van der Waals surface area contributed by atoms with Crippen LogP contribution < -0.4 is 0 Å². The third kappa shape index (κ3) is 6.64. The predicted molar refractivity (Wildman–Crippen MR) is 156 cm³/mol. The molecule has 2 aliphatic heterocycles. The molecule has 0 radical (unpaired) electrons. The standard InChI is InChI=1S/C32H47N7/c1-2-38-21-17-35-31(38)25-37(24-30-33-15-16-34-30)23-28-10-8-27(9-11-28)22-36-18-12-32(26-36)13-19-39(20-14-32)29-6-4-3-5-7-29/h8-11,15-17,21,29H,2-7,12-14,18-20,22-26H2,1H3,(H,33,34). The van der Waals surface area contributed by atoms with Gasteiger partial charge in [-0.05, 0) is 75.2 Å². The number of aromatic amines is 1. The fourth-order valence-electron chi connectivity index (χ4n) is 7.39. The molecule has 7 heteroatoms. The van der Waals surface area contributed by atoms with Crippen LogP contribution in [0.2, 0.25) is 0 Å². The number of piperidine rings is 1. The number of aromatic nitrogens is 4. The number of imidazole rings is 2. The van der Waals surface area contributed by atoms with Crippen molar-refractivity contribution in [3.63, 3.8) is 0 Å². The van der Waals surface area contributed by atoms with Crippen molar-refractivity contribution in [2.24, 2.45) is 5.41 Å². The summed E-state index contributed by atoms with van der Waals surface area (Å²) in [7, 11) is 0. The van der Waals surface area contributed by atoms with Gasteiger partial charge in [-0.1, -0.05) is 43.5 Å². The van der Waals surface area contributed by atoms with Crippen LogP contribution in [0, 0.1) is 5.41 Å². The van der Waals surface area contributed by atoms with Crippen molar-refractivity contribution >= 4 is 0 Å². The molecular formula is C32H47N7. The Morgan fingerprint density at radius 2 is 1.67 bits per heavy atom. The van der Waals surface area contributed by atoms with Gasteiger partial charge >= 0.3 is 0 Å². The number of aryl methyl sites for hydroxylation is 1. The summed E-state index contributed by atoms with van der Waals surface area (Å²) >= 11 is 0. The van der Waals surface area contributed by atoms with E-state index in [2.05, 4.69) is 71.6 Å². The summed E-state index contributed by atoms with van der Waals surface area (Å²) in [6.07, 6.45) is 19.1. The number of likely N-dealkylation sites (tertiary alicyclic amines) is 2. The van der Waals surface area contributed by atoms with E-state index in [0.717, 1.165) is 50.4 Å². The Morgan fingerprint density at radius 1 is 0.897 bits per heavy atom. The summed E-state index contributed by atoms with van der Waals surface area (Å²) in [6, 6.07) is 10.2. The van der Waals surface area contributed by atoms with Crippen LogP contribution in [0.5, 0.6) is 0 Å². The zero-order valence-electron chi connectivity index (χ0n) is 23.9. The lowest BCUT2D eigenvalue weighted by Gasteiger charge is -2.43. The van der Waals surface area contributed by atoms with Gasteiger partial charge in [-0.25, -0.2) is 9.97 Å². The summed E-state index contributed by atoms with van der Waals surface area (Å²) in [4.78, 5) is 20.3. The quantitative estimate of drug-likeness (QED) is 0.379. The van der Waals surface area contributed by atoms with Gasteiger partial charge in [-0.15, -0.1) is 0 Å². The van der Waals surface area contributed by atoms with Gasteiger partial charge in [0.1, 0.15) is 11.6 Å². The van der Waals surface area contributed by atoms with Gasteiger partial charge in [0.15, 0.2) is 0 Å². The molecular weight excluding hydrogens is 482 g/mol. The molecule has 0 amide bonds. The molecule has 0 atom stereocenters. The minimum atomic E-state index is 0.571. The molecule has 0 bridgehead atoms. The highest BCUT2D eigenvalue weighted by Gasteiger charge is 2.41. The smallest absolute Gasteiger partial charge is 0.122 e. The first-order valence-electron chi connectivity index (χ1n) is 15.4. The fraction of sp³-hybridized carbons (Fsp3) is 0.625. The van der Waals surface area contributed by atoms with E-state index in [-0.39, 0.29) is 0 Å². The largest absolute Gasteiger partial charge is 0.348 e. The van der Waals surface area contributed by atoms with Crippen molar-refractivity contribution in [3.05, 3.63) is 71.8 Å². The first kappa shape index (κ1) is 26.7. The van der Waals surface area contributed by atoms with Crippen molar-refractivity contribution in [1.82, 2.24) is 34.2 Å². The molecule has 2 saturated heterocycles. The lowest BCUT2D eigenvalue weighted by atomic mass is 9.77. The molecule has 7 nitrogen and oxygen atoms in total. The maximum atomic E-state index is 4.62. The normalized spacial score (nSPS) is 20.9. The number of H-pyrrole nitrogens is 1. The van der Waals surface area contributed by atoms with Crippen LogP contribution in [0.15, 0.2) is 49.1 Å². The Morgan fingerprint density at radius 3 is 2.41 bits per heavy atom. The van der Waals surface area contributed by atoms with Crippen molar-refractivity contribution in [3.8, 4) is 0 Å². The van der Waals surface area contributed by atoms with Gasteiger partial charge < -0.3 is 14.5 Å². The van der Waals surface area contributed by atoms with Crippen LogP contribution in [0.3, 0.4) is 0 Å². The second-order valence-electron chi connectivity index (χ2n) is 12.4. The Hall–Kier alpha value is -2.48. The number of nitrogens with one attached hydrogen (secondary N) is 1. The summed E-state index contributed by atoms with van der Waals surface area (Å²) in [5.74, 6) is 2.10. The zero-order valence-corrected chi connectivity index (χ0v) is 23.9. The van der Waals surface area contributed by atoms with Gasteiger partial charge in [0.05, 0.1) is 13.1 Å². The molecule has 1 aliphatic carbocycles. The molecule has 1 N–H and O–H groups in total. The van der Waals surface area contributed by atoms with E-state index in [1.54, 1.807) is 0 Å². The first-order chi connectivity index (χ1) is 19.2. The lowest BCUT2D eigenvalue weighted by molar-refractivity contribution is 0.0615. The topological polar surface area (TPSA) is 56.2 Å². The van der Waals surface area contributed by atoms with Crippen LogP contribution in [0.1, 0.15) is 81.1 Å². The molecule has 1 aromatic carbocycles. The maximum absolute atomic E-state index is 4.62. The Kier molecular flexibility index (Phi) is 8.47. The van der Waals surface area contributed by atoms with Gasteiger partial charge in [0, 0.05) is 57.0 Å². The van der Waals surface area contributed by atoms with E-state index in [1.165, 1.54) is 88.7 Å². The summed E-state index contributed by atoms with van der Waals surface area (Å²) in [5.41, 5.74) is 3.35. The average molecular weight is 530 g/mol. The summed E-state index contributed by atoms with van der Waals surface area (Å²) < 4.78 is 2.22. The lowest BCUT2D eigenvalue weighted by Crippen LogP contribution is -2.46. The van der Waals surface area contributed by atoms with Gasteiger partial charge in [0.2, 0.25) is 0 Å². The zero-order chi connectivity index (χ0) is 26.5. The van der Waals surface area contributed by atoms with E-state index >= 15 is 0 Å². The van der Waals surface area contributed by atoms with Crippen molar-refractivity contribution in [2.75, 3.05) is 26.2 Å². The first-order valence-corrected chi connectivity index (χ1v) is 15.4. The number of rotatable bonds is 10. The molecule has 6 rings (SSSR count). The maximum Gasteiger partial charge on any atom is 0.122 e. The molecule has 4 heterocycles. The van der Waals surface area contributed by atoms with E-state index in [9.17, 15) is 0 Å². The highest BCUT2D eigenvalue weighted by Crippen LogP contribution is 2.42. The fourth-order valence-corrected chi connectivity index (χ4v) is 7.39. The minimum Gasteiger partial charge on any atom is -0.348 e. The van der Waals surface area contributed by atoms with Crippen LogP contribution in [-0.2, 0) is 32.7 Å². The number of nitrogens with zero attached hydrogens (tertiary/aromatic N) is 6. The number of hydrogen-bond donors (Lipinski definition) is 1. The second-order valence-corrected chi connectivity index (χ2v) is 12.4. The number of benzene rings is 1. The monoisotopic (exact) mass is 529 g/mol. The van der Waals surface area contributed by atoms with E-state index < -0.39 is 0 Å². The summed E-state index contributed by atoms with van der Waals surface area (Å²) in [6.45, 7) is 11.9. The minimum absolute atomic E-state index is 0.571. The van der Waals surface area contributed by atoms with Crippen LogP contribution in [0.4, 0.5) is 0 Å². The van der Waals surface area contributed by atoms with E-state index in [1.807, 2.05) is 18.6 Å². The van der Waals surface area contributed by atoms with Crippen molar-refractivity contribution < 1.29 is 0 Å².